The second-order valence-corrected chi connectivity index (χ2v) is 2.27. The first-order valence-corrected chi connectivity index (χ1v) is 3.60. The molecule has 1 heterocycles. The summed E-state index contributed by atoms with van der Waals surface area (Å²) in [4.78, 5) is 10.4. The Morgan fingerprint density at radius 1 is 1.64 bits per heavy atom. The minimum absolute atomic E-state index is 0.725. The Kier molecular flexibility index (Phi) is 2.66. The summed E-state index contributed by atoms with van der Waals surface area (Å²) in [6.07, 6.45) is 6.73. The van der Waals surface area contributed by atoms with Gasteiger partial charge < -0.3 is 4.57 Å². The third-order valence-corrected chi connectivity index (χ3v) is 1.52. The molecule has 0 fully saturated rings. The first-order valence-electron chi connectivity index (χ1n) is 3.60. The predicted octanol–water partition coefficient (Wildman–Crippen LogP) is 1.88. The standard InChI is InChI=1S/C9H11NO/c1-2-3-6-10-7-4-5-9(10)8-11/h2-5,7-8H,6H2,1H3/b3-2-. The van der Waals surface area contributed by atoms with Crippen molar-refractivity contribution in [3.05, 3.63) is 36.2 Å². The van der Waals surface area contributed by atoms with E-state index in [0.29, 0.717) is 0 Å². The van der Waals surface area contributed by atoms with E-state index in [-0.39, 0.29) is 0 Å². The van der Waals surface area contributed by atoms with E-state index >= 15 is 0 Å². The molecule has 11 heavy (non-hydrogen) atoms. The van der Waals surface area contributed by atoms with Gasteiger partial charge in [0.25, 0.3) is 0 Å². The van der Waals surface area contributed by atoms with Gasteiger partial charge in [0, 0.05) is 12.7 Å². The minimum atomic E-state index is 0.725. The van der Waals surface area contributed by atoms with Crippen molar-refractivity contribution in [2.24, 2.45) is 0 Å². The molecule has 2 heteroatoms. The first kappa shape index (κ1) is 7.79. The van der Waals surface area contributed by atoms with E-state index in [4.69, 9.17) is 0 Å². The van der Waals surface area contributed by atoms with Gasteiger partial charge >= 0.3 is 0 Å². The van der Waals surface area contributed by atoms with Gasteiger partial charge in [-0.05, 0) is 19.1 Å². The molecule has 2 nitrogen and oxygen atoms in total. The van der Waals surface area contributed by atoms with Crippen LogP contribution in [0.25, 0.3) is 0 Å². The monoisotopic (exact) mass is 149 g/mol. The van der Waals surface area contributed by atoms with Crippen LogP contribution in [0.5, 0.6) is 0 Å². The van der Waals surface area contributed by atoms with Crippen molar-refractivity contribution in [2.75, 3.05) is 0 Å². The SMILES string of the molecule is C/C=C\Cn1cccc1C=O. The maximum absolute atomic E-state index is 10.4. The zero-order chi connectivity index (χ0) is 8.10. The van der Waals surface area contributed by atoms with Crippen LogP contribution in [0.3, 0.4) is 0 Å². The van der Waals surface area contributed by atoms with E-state index in [1.807, 2.05) is 35.9 Å². The number of nitrogens with zero attached hydrogens (tertiary/aromatic N) is 1. The Hall–Kier alpha value is -1.31. The average Bonchev–Trinajstić information content (AvgIpc) is 2.47. The lowest BCUT2D eigenvalue weighted by Gasteiger charge is -1.98. The van der Waals surface area contributed by atoms with Gasteiger partial charge in [0.2, 0.25) is 0 Å². The van der Waals surface area contributed by atoms with Crippen molar-refractivity contribution in [3.63, 3.8) is 0 Å². The maximum Gasteiger partial charge on any atom is 0.166 e. The van der Waals surface area contributed by atoms with E-state index in [1.54, 1.807) is 6.07 Å². The van der Waals surface area contributed by atoms with Crippen LogP contribution in [0.4, 0.5) is 0 Å². The van der Waals surface area contributed by atoms with Crippen LogP contribution in [0, 0.1) is 0 Å². The summed E-state index contributed by atoms with van der Waals surface area (Å²) >= 11 is 0. The van der Waals surface area contributed by atoms with E-state index < -0.39 is 0 Å². The van der Waals surface area contributed by atoms with Crippen LogP contribution < -0.4 is 0 Å². The van der Waals surface area contributed by atoms with Crippen LogP contribution in [-0.4, -0.2) is 10.9 Å². The Morgan fingerprint density at radius 2 is 2.45 bits per heavy atom. The molecule has 0 aromatic carbocycles. The molecular formula is C9H11NO. The number of rotatable bonds is 3. The summed E-state index contributed by atoms with van der Waals surface area (Å²) in [5, 5.41) is 0. The fraction of sp³-hybridized carbons (Fsp3) is 0.222. The second-order valence-electron chi connectivity index (χ2n) is 2.27. The lowest BCUT2D eigenvalue weighted by Crippen LogP contribution is -1.97. The van der Waals surface area contributed by atoms with Gasteiger partial charge in [-0.1, -0.05) is 12.2 Å². The third-order valence-electron chi connectivity index (χ3n) is 1.52. The molecule has 0 saturated heterocycles. The fourth-order valence-electron chi connectivity index (χ4n) is 0.920. The Labute approximate surface area is 66.1 Å². The summed E-state index contributed by atoms with van der Waals surface area (Å²) in [5.41, 5.74) is 0.725. The molecular weight excluding hydrogens is 138 g/mol. The molecule has 1 aromatic heterocycles. The van der Waals surface area contributed by atoms with Gasteiger partial charge in [-0.25, -0.2) is 0 Å². The van der Waals surface area contributed by atoms with Gasteiger partial charge in [-0.3, -0.25) is 4.79 Å². The van der Waals surface area contributed by atoms with E-state index in [2.05, 4.69) is 0 Å². The normalized spacial score (nSPS) is 10.6. The quantitative estimate of drug-likeness (QED) is 0.475. The van der Waals surface area contributed by atoms with Crippen molar-refractivity contribution in [1.82, 2.24) is 4.57 Å². The number of hydrogen-bond donors (Lipinski definition) is 0. The minimum Gasteiger partial charge on any atom is -0.342 e. The number of aromatic nitrogens is 1. The number of allylic oxidation sites excluding steroid dienone is 2. The molecule has 0 amide bonds. The van der Waals surface area contributed by atoms with Crippen LogP contribution >= 0.6 is 0 Å². The molecule has 0 unspecified atom stereocenters. The smallest absolute Gasteiger partial charge is 0.166 e. The van der Waals surface area contributed by atoms with Crippen LogP contribution in [0.15, 0.2) is 30.5 Å². The molecule has 58 valence electrons. The summed E-state index contributed by atoms with van der Waals surface area (Å²) in [5.74, 6) is 0. The molecule has 0 radical (unpaired) electrons. The zero-order valence-electron chi connectivity index (χ0n) is 6.53. The van der Waals surface area contributed by atoms with Crippen molar-refractivity contribution >= 4 is 6.29 Å². The van der Waals surface area contributed by atoms with Crippen LogP contribution in [0.1, 0.15) is 17.4 Å². The summed E-state index contributed by atoms with van der Waals surface area (Å²) in [7, 11) is 0. The highest BCUT2D eigenvalue weighted by Gasteiger charge is 1.94. The molecule has 0 aliphatic heterocycles. The molecule has 0 aliphatic carbocycles. The lowest BCUT2D eigenvalue weighted by molar-refractivity contribution is 0.111. The largest absolute Gasteiger partial charge is 0.342 e. The van der Waals surface area contributed by atoms with Crippen molar-refractivity contribution in [3.8, 4) is 0 Å². The van der Waals surface area contributed by atoms with Gasteiger partial charge in [0.1, 0.15) is 0 Å². The van der Waals surface area contributed by atoms with Crippen LogP contribution in [-0.2, 0) is 6.54 Å². The molecule has 0 bridgehead atoms. The fourth-order valence-corrected chi connectivity index (χ4v) is 0.920. The zero-order valence-corrected chi connectivity index (χ0v) is 6.53. The number of aldehydes is 1. The second kappa shape index (κ2) is 3.76. The predicted molar refractivity (Wildman–Crippen MR) is 44.6 cm³/mol. The lowest BCUT2D eigenvalue weighted by atomic mass is 10.4. The highest BCUT2D eigenvalue weighted by Crippen LogP contribution is 1.98. The van der Waals surface area contributed by atoms with E-state index in [1.165, 1.54) is 0 Å². The Morgan fingerprint density at radius 3 is 3.09 bits per heavy atom. The molecule has 0 atom stereocenters. The van der Waals surface area contributed by atoms with Gasteiger partial charge in [-0.2, -0.15) is 0 Å². The molecule has 0 aliphatic rings. The van der Waals surface area contributed by atoms with E-state index in [9.17, 15) is 4.79 Å². The molecule has 1 aromatic rings. The maximum atomic E-state index is 10.4. The van der Waals surface area contributed by atoms with Crippen molar-refractivity contribution in [1.29, 1.82) is 0 Å². The number of hydrogen-bond acceptors (Lipinski definition) is 1. The summed E-state index contributed by atoms with van der Waals surface area (Å²) < 4.78 is 1.90. The molecule has 0 spiro atoms. The summed E-state index contributed by atoms with van der Waals surface area (Å²) in [6, 6.07) is 3.67. The highest BCUT2D eigenvalue weighted by molar-refractivity contribution is 5.72. The number of carbonyl (C=O) groups excluding carboxylic acids is 1. The van der Waals surface area contributed by atoms with Gasteiger partial charge in [0.05, 0.1) is 5.69 Å². The summed E-state index contributed by atoms with van der Waals surface area (Å²) in [6.45, 7) is 2.74. The third kappa shape index (κ3) is 1.80. The molecule has 0 N–H and O–H groups in total. The van der Waals surface area contributed by atoms with E-state index in [0.717, 1.165) is 18.5 Å². The Bertz CT molecular complexity index is 260. The molecule has 1 rings (SSSR count). The van der Waals surface area contributed by atoms with Gasteiger partial charge in [0.15, 0.2) is 6.29 Å². The Balaban J connectivity index is 2.76. The topological polar surface area (TPSA) is 22.0 Å². The van der Waals surface area contributed by atoms with Crippen molar-refractivity contribution < 1.29 is 4.79 Å². The first-order chi connectivity index (χ1) is 5.38. The van der Waals surface area contributed by atoms with Crippen LogP contribution in [0.2, 0.25) is 0 Å². The van der Waals surface area contributed by atoms with Gasteiger partial charge in [-0.15, -0.1) is 0 Å². The average molecular weight is 149 g/mol. The highest BCUT2D eigenvalue weighted by atomic mass is 16.1. The van der Waals surface area contributed by atoms with Crippen molar-refractivity contribution in [2.45, 2.75) is 13.5 Å². The molecule has 0 saturated carbocycles. The number of carbonyl (C=O) groups is 1.